The fraction of sp³-hybridized carbons (Fsp3) is 0.208. The lowest BCUT2D eigenvalue weighted by molar-refractivity contribution is -0.137. The lowest BCUT2D eigenvalue weighted by Crippen LogP contribution is -2.20. The van der Waals surface area contributed by atoms with Gasteiger partial charge in [0.05, 0.1) is 11.3 Å². The number of carbonyl (C=O) groups is 1. The Hall–Kier alpha value is -4.28. The molecule has 0 radical (unpaired) electrons. The summed E-state index contributed by atoms with van der Waals surface area (Å²) in [6.07, 6.45) is -4.51. The number of alkyl halides is 3. The zero-order valence-corrected chi connectivity index (χ0v) is 18.7. The van der Waals surface area contributed by atoms with E-state index in [2.05, 4.69) is 10.3 Å². The van der Waals surface area contributed by atoms with Crippen LogP contribution >= 0.6 is 0 Å². The molecule has 4 rings (SSSR count). The average molecular weight is 487 g/mol. The van der Waals surface area contributed by atoms with Crippen LogP contribution in [-0.4, -0.2) is 22.1 Å². The SMILES string of the molecule is Cc1cc2nc(COc3cc(NC(=O)COc4cccc(C(F)(F)F)c4)ccc3C)cc(=O)n2o1. The lowest BCUT2D eigenvalue weighted by atomic mass is 10.2. The van der Waals surface area contributed by atoms with Crippen molar-refractivity contribution in [1.82, 2.24) is 9.56 Å². The van der Waals surface area contributed by atoms with Gasteiger partial charge in [0, 0.05) is 23.9 Å². The van der Waals surface area contributed by atoms with Crippen molar-refractivity contribution in [2.45, 2.75) is 26.6 Å². The maximum absolute atomic E-state index is 12.8. The van der Waals surface area contributed by atoms with Gasteiger partial charge in [-0.2, -0.15) is 13.2 Å². The van der Waals surface area contributed by atoms with Crippen LogP contribution in [0.15, 0.2) is 63.9 Å². The van der Waals surface area contributed by atoms with E-state index >= 15 is 0 Å². The van der Waals surface area contributed by atoms with Gasteiger partial charge >= 0.3 is 6.18 Å². The number of ether oxygens (including phenoxy) is 2. The molecule has 0 aliphatic heterocycles. The smallest absolute Gasteiger partial charge is 0.416 e. The first kappa shape index (κ1) is 23.9. The molecule has 0 aliphatic carbocycles. The predicted molar refractivity (Wildman–Crippen MR) is 120 cm³/mol. The highest BCUT2D eigenvalue weighted by atomic mass is 19.4. The number of rotatable bonds is 7. The van der Waals surface area contributed by atoms with E-state index < -0.39 is 24.3 Å². The summed E-state index contributed by atoms with van der Waals surface area (Å²) >= 11 is 0. The molecule has 1 N–H and O–H groups in total. The first-order chi connectivity index (χ1) is 16.6. The molecular formula is C24H20F3N3O5. The van der Waals surface area contributed by atoms with Gasteiger partial charge in [0.2, 0.25) is 0 Å². The highest BCUT2D eigenvalue weighted by Crippen LogP contribution is 2.31. The molecule has 0 aliphatic rings. The van der Waals surface area contributed by atoms with Gasteiger partial charge in [0.25, 0.3) is 11.5 Å². The monoisotopic (exact) mass is 487 g/mol. The number of carbonyl (C=O) groups excluding carboxylic acids is 1. The number of nitrogens with zero attached hydrogens (tertiary/aromatic N) is 2. The van der Waals surface area contributed by atoms with Crippen molar-refractivity contribution in [2.24, 2.45) is 0 Å². The minimum absolute atomic E-state index is 0.00681. The van der Waals surface area contributed by atoms with E-state index in [1.165, 1.54) is 18.2 Å². The van der Waals surface area contributed by atoms with Gasteiger partial charge in [-0.25, -0.2) is 4.98 Å². The van der Waals surface area contributed by atoms with Crippen LogP contribution in [0.3, 0.4) is 0 Å². The van der Waals surface area contributed by atoms with Crippen molar-refractivity contribution < 1.29 is 32.0 Å². The Labute approximate surface area is 196 Å². The summed E-state index contributed by atoms with van der Waals surface area (Å²) < 4.78 is 55.8. The van der Waals surface area contributed by atoms with Crippen LogP contribution in [0.1, 0.15) is 22.6 Å². The first-order valence-corrected chi connectivity index (χ1v) is 10.4. The highest BCUT2D eigenvalue weighted by molar-refractivity contribution is 5.92. The molecule has 2 heterocycles. The van der Waals surface area contributed by atoms with Crippen LogP contribution in [0.5, 0.6) is 11.5 Å². The van der Waals surface area contributed by atoms with Crippen molar-refractivity contribution >= 4 is 17.2 Å². The summed E-state index contributed by atoms with van der Waals surface area (Å²) in [5.41, 5.74) is 0.707. The number of nitrogens with one attached hydrogen (secondary N) is 1. The first-order valence-electron chi connectivity index (χ1n) is 10.4. The van der Waals surface area contributed by atoms with Crippen molar-refractivity contribution in [3.05, 3.63) is 87.5 Å². The largest absolute Gasteiger partial charge is 0.487 e. The maximum atomic E-state index is 12.8. The number of benzene rings is 2. The molecule has 8 nitrogen and oxygen atoms in total. The van der Waals surface area contributed by atoms with Crippen LogP contribution in [0, 0.1) is 13.8 Å². The van der Waals surface area contributed by atoms with Crippen molar-refractivity contribution in [3.8, 4) is 11.5 Å². The number of halogens is 3. The number of anilines is 1. The third kappa shape index (κ3) is 5.81. The van der Waals surface area contributed by atoms with Gasteiger partial charge in [-0.15, -0.1) is 4.57 Å². The van der Waals surface area contributed by atoms with E-state index in [9.17, 15) is 22.8 Å². The summed E-state index contributed by atoms with van der Waals surface area (Å²) in [5, 5.41) is 2.61. The van der Waals surface area contributed by atoms with Gasteiger partial charge in [-0.1, -0.05) is 12.1 Å². The van der Waals surface area contributed by atoms with Crippen LogP contribution in [-0.2, 0) is 17.6 Å². The Morgan fingerprint density at radius 2 is 1.89 bits per heavy atom. The van der Waals surface area contributed by atoms with E-state index in [0.29, 0.717) is 28.5 Å². The number of fused-ring (bicyclic) bond motifs is 1. The Morgan fingerprint density at radius 3 is 2.66 bits per heavy atom. The van der Waals surface area contributed by atoms with E-state index in [4.69, 9.17) is 14.0 Å². The predicted octanol–water partition coefficient (Wildman–Crippen LogP) is 4.52. The van der Waals surface area contributed by atoms with Gasteiger partial charge in [0.1, 0.15) is 23.9 Å². The topological polar surface area (TPSA) is 95.1 Å². The van der Waals surface area contributed by atoms with Crippen molar-refractivity contribution in [1.29, 1.82) is 0 Å². The molecule has 2 aromatic carbocycles. The number of aromatic nitrogens is 2. The molecule has 0 atom stereocenters. The molecule has 4 aromatic rings. The molecule has 0 saturated carbocycles. The lowest BCUT2D eigenvalue weighted by Gasteiger charge is -2.13. The molecule has 0 fully saturated rings. The minimum atomic E-state index is -4.51. The second-order valence-corrected chi connectivity index (χ2v) is 7.72. The van der Waals surface area contributed by atoms with Crippen LogP contribution in [0.4, 0.5) is 18.9 Å². The molecule has 0 spiro atoms. The molecule has 0 bridgehead atoms. The van der Waals surface area contributed by atoms with E-state index in [1.54, 1.807) is 31.2 Å². The Balaban J connectivity index is 1.38. The van der Waals surface area contributed by atoms with E-state index in [1.807, 2.05) is 6.92 Å². The van der Waals surface area contributed by atoms with Gasteiger partial charge in [-0.3, -0.25) is 9.59 Å². The summed E-state index contributed by atoms with van der Waals surface area (Å²) in [6, 6.07) is 12.2. The van der Waals surface area contributed by atoms with Crippen LogP contribution in [0.2, 0.25) is 0 Å². The molecule has 0 saturated heterocycles. The fourth-order valence-electron chi connectivity index (χ4n) is 3.24. The third-order valence-electron chi connectivity index (χ3n) is 4.90. The quantitative estimate of drug-likeness (QED) is 0.412. The minimum Gasteiger partial charge on any atom is -0.487 e. The summed E-state index contributed by atoms with van der Waals surface area (Å²) in [7, 11) is 0. The molecule has 11 heteroatoms. The molecule has 182 valence electrons. The van der Waals surface area contributed by atoms with Gasteiger partial charge < -0.3 is 19.3 Å². The second-order valence-electron chi connectivity index (χ2n) is 7.72. The van der Waals surface area contributed by atoms with Crippen molar-refractivity contribution in [2.75, 3.05) is 11.9 Å². The summed E-state index contributed by atoms with van der Waals surface area (Å²) in [6.45, 7) is 3.04. The molecular weight excluding hydrogens is 467 g/mol. The highest BCUT2D eigenvalue weighted by Gasteiger charge is 2.30. The molecule has 0 unspecified atom stereocenters. The summed E-state index contributed by atoms with van der Waals surface area (Å²) in [4.78, 5) is 28.7. The average Bonchev–Trinajstić information content (AvgIpc) is 3.18. The molecule has 35 heavy (non-hydrogen) atoms. The van der Waals surface area contributed by atoms with E-state index in [-0.39, 0.29) is 17.9 Å². The van der Waals surface area contributed by atoms with Crippen LogP contribution in [0.25, 0.3) is 5.65 Å². The Morgan fingerprint density at radius 1 is 1.09 bits per heavy atom. The summed E-state index contributed by atoms with van der Waals surface area (Å²) in [5.74, 6) is 0.361. The molecule has 2 aromatic heterocycles. The number of hydrogen-bond donors (Lipinski definition) is 1. The van der Waals surface area contributed by atoms with Gasteiger partial charge in [-0.05, 0) is 43.7 Å². The van der Waals surface area contributed by atoms with Crippen molar-refractivity contribution in [3.63, 3.8) is 0 Å². The maximum Gasteiger partial charge on any atom is 0.416 e. The number of amides is 1. The number of hydrogen-bond acceptors (Lipinski definition) is 6. The molecule has 1 amide bonds. The zero-order valence-electron chi connectivity index (χ0n) is 18.7. The van der Waals surface area contributed by atoms with E-state index in [0.717, 1.165) is 22.3 Å². The third-order valence-corrected chi connectivity index (χ3v) is 4.90. The second kappa shape index (κ2) is 9.53. The zero-order chi connectivity index (χ0) is 25.2. The Bertz CT molecular complexity index is 1440. The van der Waals surface area contributed by atoms with Gasteiger partial charge in [0.15, 0.2) is 12.3 Å². The van der Waals surface area contributed by atoms with Crippen LogP contribution < -0.4 is 20.3 Å². The normalized spacial score (nSPS) is 11.5. The Kier molecular flexibility index (Phi) is 6.50. The fourth-order valence-corrected chi connectivity index (χ4v) is 3.24. The standard InChI is InChI=1S/C24H20F3N3O5/c1-14-6-7-17(29-22(31)13-33-19-5-3-4-16(9-19)24(25,26)27)10-20(14)34-12-18-11-23(32)30-21(28-18)8-15(2)35-30/h3-11H,12-13H2,1-2H3,(H,29,31). The number of aryl methyl sites for hydroxylation is 2.